The van der Waals surface area contributed by atoms with Crippen LogP contribution in [0.15, 0.2) is 30.5 Å². The number of thiazole rings is 1. The summed E-state index contributed by atoms with van der Waals surface area (Å²) >= 11 is 1.43. The van der Waals surface area contributed by atoms with E-state index in [1.54, 1.807) is 18.0 Å². The van der Waals surface area contributed by atoms with Gasteiger partial charge < -0.3 is 15.4 Å². The Morgan fingerprint density at radius 2 is 2.00 bits per heavy atom. The molecule has 2 amide bonds. The molecule has 0 radical (unpaired) electrons. The molecule has 8 nitrogen and oxygen atoms in total. The fourth-order valence-electron chi connectivity index (χ4n) is 3.52. The summed E-state index contributed by atoms with van der Waals surface area (Å²) in [5.41, 5.74) is 9.79. The zero-order valence-corrected chi connectivity index (χ0v) is 17.7. The van der Waals surface area contributed by atoms with Gasteiger partial charge in [0.05, 0.1) is 21.6 Å². The highest BCUT2D eigenvalue weighted by molar-refractivity contribution is 7.22. The molecular formula is C21H23N5O3S. The Labute approximate surface area is 178 Å². The quantitative estimate of drug-likeness (QED) is 0.660. The summed E-state index contributed by atoms with van der Waals surface area (Å²) in [6.45, 7) is 4.60. The number of benzene rings is 1. The summed E-state index contributed by atoms with van der Waals surface area (Å²) in [6, 6.07) is 7.78. The molecule has 2 aromatic heterocycles. The molecule has 3 heterocycles. The molecule has 30 heavy (non-hydrogen) atoms. The van der Waals surface area contributed by atoms with Crippen LogP contribution in [0.2, 0.25) is 0 Å². The number of amides is 2. The molecule has 0 spiro atoms. The van der Waals surface area contributed by atoms with Crippen molar-refractivity contribution < 1.29 is 14.3 Å². The van der Waals surface area contributed by atoms with Crippen LogP contribution in [-0.4, -0.2) is 46.1 Å². The van der Waals surface area contributed by atoms with E-state index in [-0.39, 0.29) is 12.0 Å². The van der Waals surface area contributed by atoms with Crippen molar-refractivity contribution in [3.05, 3.63) is 36.2 Å². The normalized spacial score (nSPS) is 14.7. The number of nitrogen functional groups attached to an aromatic ring is 1. The van der Waals surface area contributed by atoms with Crippen molar-refractivity contribution in [1.82, 2.24) is 14.9 Å². The largest absolute Gasteiger partial charge is 0.446 e. The van der Waals surface area contributed by atoms with Gasteiger partial charge in [-0.1, -0.05) is 17.4 Å². The highest BCUT2D eigenvalue weighted by atomic mass is 32.1. The van der Waals surface area contributed by atoms with Crippen molar-refractivity contribution in [2.45, 2.75) is 32.8 Å². The average Bonchev–Trinajstić information content (AvgIpc) is 3.09. The van der Waals surface area contributed by atoms with Crippen LogP contribution in [0.25, 0.3) is 21.3 Å². The van der Waals surface area contributed by atoms with Crippen molar-refractivity contribution >= 4 is 44.4 Å². The maximum atomic E-state index is 12.4. The number of nitrogens with one attached hydrogen (secondary N) is 1. The van der Waals surface area contributed by atoms with Gasteiger partial charge in [0.2, 0.25) is 5.91 Å². The van der Waals surface area contributed by atoms with Crippen LogP contribution in [0.3, 0.4) is 0 Å². The predicted octanol–water partition coefficient (Wildman–Crippen LogP) is 3.81. The summed E-state index contributed by atoms with van der Waals surface area (Å²) in [6.07, 6.45) is 2.35. The van der Waals surface area contributed by atoms with E-state index in [1.807, 2.05) is 31.2 Å². The molecule has 4 rings (SSSR count). The first-order valence-corrected chi connectivity index (χ1v) is 10.6. The lowest BCUT2D eigenvalue weighted by Crippen LogP contribution is -2.40. The highest BCUT2D eigenvalue weighted by Crippen LogP contribution is 2.30. The number of hydrogen-bond donors (Lipinski definition) is 2. The topological polar surface area (TPSA) is 110 Å². The van der Waals surface area contributed by atoms with E-state index in [4.69, 9.17) is 10.5 Å². The summed E-state index contributed by atoms with van der Waals surface area (Å²) in [7, 11) is 0. The van der Waals surface area contributed by atoms with Crippen LogP contribution in [0.1, 0.15) is 25.5 Å². The van der Waals surface area contributed by atoms with E-state index >= 15 is 0 Å². The first kappa shape index (κ1) is 20.1. The van der Waals surface area contributed by atoms with Crippen LogP contribution in [0.4, 0.5) is 15.6 Å². The van der Waals surface area contributed by atoms with Gasteiger partial charge in [0.15, 0.2) is 5.13 Å². The molecule has 1 saturated heterocycles. The van der Waals surface area contributed by atoms with E-state index < -0.39 is 6.09 Å². The SMILES string of the molecule is CC(=O)N1CCC(OC(=O)Nc2cc(-c3ccc4nc(N)sc4c3)cnc2C)CC1. The van der Waals surface area contributed by atoms with Gasteiger partial charge in [-0.15, -0.1) is 0 Å². The van der Waals surface area contributed by atoms with Crippen LogP contribution in [0, 0.1) is 6.92 Å². The third kappa shape index (κ3) is 4.35. The first-order chi connectivity index (χ1) is 14.4. The second-order valence-electron chi connectivity index (χ2n) is 7.33. The second kappa shape index (κ2) is 8.27. The van der Waals surface area contributed by atoms with Crippen LogP contribution in [-0.2, 0) is 9.53 Å². The van der Waals surface area contributed by atoms with Crippen molar-refractivity contribution in [2.75, 3.05) is 24.1 Å². The Morgan fingerprint density at radius 3 is 2.73 bits per heavy atom. The zero-order chi connectivity index (χ0) is 21.3. The van der Waals surface area contributed by atoms with E-state index in [2.05, 4.69) is 15.3 Å². The highest BCUT2D eigenvalue weighted by Gasteiger charge is 2.23. The van der Waals surface area contributed by atoms with Crippen LogP contribution in [0.5, 0.6) is 0 Å². The molecule has 1 aliphatic rings. The van der Waals surface area contributed by atoms with Gasteiger partial charge in [-0.05, 0) is 30.7 Å². The first-order valence-electron chi connectivity index (χ1n) is 9.75. The number of likely N-dealkylation sites (tertiary alicyclic amines) is 1. The molecule has 1 fully saturated rings. The molecule has 0 atom stereocenters. The summed E-state index contributed by atoms with van der Waals surface area (Å²) in [5, 5.41) is 3.34. The third-order valence-electron chi connectivity index (χ3n) is 5.22. The van der Waals surface area contributed by atoms with Gasteiger partial charge >= 0.3 is 6.09 Å². The van der Waals surface area contributed by atoms with Gasteiger partial charge in [0.25, 0.3) is 0 Å². The molecule has 0 saturated carbocycles. The van der Waals surface area contributed by atoms with Crippen molar-refractivity contribution in [3.63, 3.8) is 0 Å². The maximum Gasteiger partial charge on any atom is 0.411 e. The molecular weight excluding hydrogens is 402 g/mol. The number of ether oxygens (including phenoxy) is 1. The lowest BCUT2D eigenvalue weighted by molar-refractivity contribution is -0.130. The van der Waals surface area contributed by atoms with Gasteiger partial charge in [0, 0.05) is 44.6 Å². The maximum absolute atomic E-state index is 12.4. The number of pyridine rings is 1. The summed E-state index contributed by atoms with van der Waals surface area (Å²) < 4.78 is 6.54. The number of rotatable bonds is 3. The Balaban J connectivity index is 1.45. The third-order valence-corrected chi connectivity index (χ3v) is 6.07. The molecule has 3 aromatic rings. The fraction of sp³-hybridized carbons (Fsp3) is 0.333. The number of aromatic nitrogens is 2. The summed E-state index contributed by atoms with van der Waals surface area (Å²) in [4.78, 5) is 34.3. The molecule has 156 valence electrons. The minimum Gasteiger partial charge on any atom is -0.446 e. The molecule has 0 aliphatic carbocycles. The smallest absolute Gasteiger partial charge is 0.411 e. The molecule has 9 heteroatoms. The monoisotopic (exact) mass is 425 g/mol. The number of hydrogen-bond acceptors (Lipinski definition) is 7. The number of anilines is 2. The minimum atomic E-state index is -0.510. The van der Waals surface area contributed by atoms with E-state index in [0.717, 1.165) is 21.3 Å². The number of carbonyl (C=O) groups excluding carboxylic acids is 2. The van der Waals surface area contributed by atoms with Gasteiger partial charge in [-0.3, -0.25) is 15.1 Å². The number of nitrogens with two attached hydrogens (primary N) is 1. The Hall–Kier alpha value is -3.20. The number of fused-ring (bicyclic) bond motifs is 1. The Bertz CT molecular complexity index is 1110. The standard InChI is InChI=1S/C21H23N5O3S/c1-12-18(25-21(28)29-16-5-7-26(8-6-16)13(2)27)9-15(11-23-12)14-3-4-17-19(10-14)30-20(22)24-17/h3-4,9-11,16H,5-8H2,1-2H3,(H2,22,24)(H,25,28). The van der Waals surface area contributed by atoms with Gasteiger partial charge in [0.1, 0.15) is 6.10 Å². The van der Waals surface area contributed by atoms with Crippen molar-refractivity contribution in [3.8, 4) is 11.1 Å². The average molecular weight is 426 g/mol. The number of nitrogens with zero attached hydrogens (tertiary/aromatic N) is 3. The molecule has 1 aliphatic heterocycles. The fourth-order valence-corrected chi connectivity index (χ4v) is 4.29. The molecule has 0 bridgehead atoms. The van der Waals surface area contributed by atoms with Crippen LogP contribution >= 0.6 is 11.3 Å². The number of aryl methyl sites for hydroxylation is 1. The lowest BCUT2D eigenvalue weighted by atomic mass is 10.1. The van der Waals surface area contributed by atoms with Gasteiger partial charge in [-0.25, -0.2) is 9.78 Å². The Morgan fingerprint density at radius 1 is 1.23 bits per heavy atom. The molecule has 3 N–H and O–H groups in total. The predicted molar refractivity (Wildman–Crippen MR) is 117 cm³/mol. The molecule has 0 unspecified atom stereocenters. The minimum absolute atomic E-state index is 0.0515. The van der Waals surface area contributed by atoms with E-state index in [9.17, 15) is 9.59 Å². The number of carbonyl (C=O) groups is 2. The Kier molecular flexibility index (Phi) is 5.54. The van der Waals surface area contributed by atoms with Crippen LogP contribution < -0.4 is 11.1 Å². The van der Waals surface area contributed by atoms with Gasteiger partial charge in [-0.2, -0.15) is 0 Å². The van der Waals surface area contributed by atoms with E-state index in [0.29, 0.717) is 42.4 Å². The van der Waals surface area contributed by atoms with E-state index in [1.165, 1.54) is 11.3 Å². The second-order valence-corrected chi connectivity index (χ2v) is 8.39. The molecule has 1 aromatic carbocycles. The van der Waals surface area contributed by atoms with Crippen molar-refractivity contribution in [2.24, 2.45) is 0 Å². The van der Waals surface area contributed by atoms with Crippen molar-refractivity contribution in [1.29, 1.82) is 0 Å². The lowest BCUT2D eigenvalue weighted by Gasteiger charge is -2.30. The zero-order valence-electron chi connectivity index (χ0n) is 16.8. The summed E-state index contributed by atoms with van der Waals surface area (Å²) in [5.74, 6) is 0.0515. The number of piperidine rings is 1.